The number of nitrogens with zero attached hydrogens (tertiary/aromatic N) is 3. The second kappa shape index (κ2) is 18.0. The lowest BCUT2D eigenvalue weighted by atomic mass is 9.67. The first-order valence-corrected chi connectivity index (χ1v) is 28.5. The summed E-state index contributed by atoms with van der Waals surface area (Å²) in [5.41, 5.74) is 27.4. The van der Waals surface area contributed by atoms with E-state index in [1.165, 1.54) is 77.9 Å². The van der Waals surface area contributed by atoms with Crippen molar-refractivity contribution in [3.05, 3.63) is 354 Å². The molecule has 0 radical (unpaired) electrons. The van der Waals surface area contributed by atoms with Gasteiger partial charge >= 0.3 is 0 Å². The third-order valence-corrected chi connectivity index (χ3v) is 18.1. The van der Waals surface area contributed by atoms with E-state index in [9.17, 15) is 0 Å². The zero-order valence-electron chi connectivity index (χ0n) is 44.8. The molecule has 2 aromatic heterocycles. The van der Waals surface area contributed by atoms with E-state index in [0.717, 1.165) is 67.0 Å². The van der Waals surface area contributed by atoms with Gasteiger partial charge < -0.3 is 4.90 Å². The molecule has 0 fully saturated rings. The van der Waals surface area contributed by atoms with Crippen LogP contribution in [-0.2, 0) is 10.8 Å². The van der Waals surface area contributed by atoms with Gasteiger partial charge in [0.1, 0.15) is 5.69 Å². The highest BCUT2D eigenvalue weighted by Crippen LogP contribution is 2.65. The molecule has 12 aromatic carbocycles. The maximum absolute atomic E-state index is 5.59. The normalized spacial score (nSPS) is 13.6. The van der Waals surface area contributed by atoms with Crippen LogP contribution >= 0.6 is 0 Å². The summed E-state index contributed by atoms with van der Waals surface area (Å²) in [6.07, 6.45) is 0. The first kappa shape index (κ1) is 46.3. The van der Waals surface area contributed by atoms with Crippen molar-refractivity contribution in [2.45, 2.75) is 10.8 Å². The van der Waals surface area contributed by atoms with E-state index >= 15 is 0 Å². The smallest absolute Gasteiger partial charge is 0.101 e. The minimum atomic E-state index is -0.603. The highest BCUT2D eigenvalue weighted by molar-refractivity contribution is 6.10. The molecule has 0 atom stereocenters. The summed E-state index contributed by atoms with van der Waals surface area (Å²) in [5.74, 6) is 0. The molecule has 3 heteroatoms. The van der Waals surface area contributed by atoms with Crippen molar-refractivity contribution in [2.75, 3.05) is 4.90 Å². The van der Waals surface area contributed by atoms with Crippen LogP contribution in [0.2, 0.25) is 0 Å². The third-order valence-electron chi connectivity index (χ3n) is 18.1. The molecule has 82 heavy (non-hydrogen) atoms. The van der Waals surface area contributed by atoms with Crippen LogP contribution in [0.15, 0.2) is 309 Å². The first-order chi connectivity index (χ1) is 40.7. The number of fused-ring (bicyclic) bond motifs is 16. The molecule has 0 aliphatic heterocycles. The van der Waals surface area contributed by atoms with Crippen molar-refractivity contribution < 1.29 is 0 Å². The Balaban J connectivity index is 0.985. The Morgan fingerprint density at radius 2 is 0.756 bits per heavy atom. The van der Waals surface area contributed by atoms with Gasteiger partial charge in [0.2, 0.25) is 0 Å². The topological polar surface area (TPSA) is 20.5 Å². The van der Waals surface area contributed by atoms with E-state index in [4.69, 9.17) is 5.10 Å². The molecule has 3 aliphatic rings. The Morgan fingerprint density at radius 3 is 1.35 bits per heavy atom. The molecule has 0 bridgehead atoms. The lowest BCUT2D eigenvalue weighted by Crippen LogP contribution is -2.28. The Labute approximate surface area is 477 Å². The zero-order chi connectivity index (χ0) is 53.9. The molecule has 3 nitrogen and oxygen atoms in total. The van der Waals surface area contributed by atoms with Crippen molar-refractivity contribution in [3.63, 3.8) is 0 Å². The van der Waals surface area contributed by atoms with Gasteiger partial charge in [-0.3, -0.25) is 0 Å². The SMILES string of the molecule is c1ccc(-c2nn3c(-c4ccccc4)cc4cc(N(c5ccc6c(c5)C(c5ccccc5)(c5ccccc5)c5ccccc5-6)c5cccc6c5-c5ccccc5C65c6ccccc6-c6ccccc65)ccc4c3c2-c2ccccc2)cc1. The molecular weight excluding hydrogens is 991 g/mol. The molecule has 2 heterocycles. The number of hydrogen-bond donors (Lipinski definition) is 0. The zero-order valence-corrected chi connectivity index (χ0v) is 44.8. The van der Waals surface area contributed by atoms with Crippen molar-refractivity contribution in [1.29, 1.82) is 0 Å². The van der Waals surface area contributed by atoms with E-state index in [-0.39, 0.29) is 0 Å². The van der Waals surface area contributed by atoms with Crippen molar-refractivity contribution >= 4 is 33.4 Å². The molecule has 0 amide bonds. The van der Waals surface area contributed by atoms with Gasteiger partial charge in [0.25, 0.3) is 0 Å². The second-order valence-corrected chi connectivity index (χ2v) is 22.1. The van der Waals surface area contributed by atoms with E-state index in [2.05, 4.69) is 319 Å². The predicted octanol–water partition coefficient (Wildman–Crippen LogP) is 19.7. The lowest BCUT2D eigenvalue weighted by Gasteiger charge is -2.35. The van der Waals surface area contributed by atoms with E-state index in [1.807, 2.05) is 0 Å². The molecule has 0 saturated carbocycles. The van der Waals surface area contributed by atoms with Gasteiger partial charge in [-0.1, -0.05) is 273 Å². The van der Waals surface area contributed by atoms with Crippen LogP contribution < -0.4 is 4.90 Å². The fraction of sp³-hybridized carbons (Fsp3) is 0.0253. The summed E-state index contributed by atoms with van der Waals surface area (Å²) >= 11 is 0. The average molecular weight is 1040 g/mol. The van der Waals surface area contributed by atoms with Gasteiger partial charge in [-0.05, 0) is 120 Å². The van der Waals surface area contributed by atoms with Crippen LogP contribution in [0.25, 0.3) is 83.3 Å². The quantitative estimate of drug-likeness (QED) is 0.151. The summed E-state index contributed by atoms with van der Waals surface area (Å²) in [6, 6.07) is 115. The molecular formula is C79H51N3. The van der Waals surface area contributed by atoms with Crippen molar-refractivity contribution in [3.8, 4) is 67.0 Å². The summed E-state index contributed by atoms with van der Waals surface area (Å²) in [5, 5.41) is 7.82. The van der Waals surface area contributed by atoms with Crippen molar-refractivity contribution in [1.82, 2.24) is 9.61 Å². The maximum atomic E-state index is 5.59. The molecule has 3 aliphatic carbocycles. The molecule has 1 spiro atoms. The fourth-order valence-electron chi connectivity index (χ4n) is 14.9. The molecule has 382 valence electrons. The Morgan fingerprint density at radius 1 is 0.305 bits per heavy atom. The van der Waals surface area contributed by atoms with Gasteiger partial charge in [0, 0.05) is 39.0 Å². The average Bonchev–Trinajstić information content (AvgIpc) is 4.43. The van der Waals surface area contributed by atoms with Gasteiger partial charge in [0.15, 0.2) is 0 Å². The number of rotatable bonds is 8. The van der Waals surface area contributed by atoms with Crippen LogP contribution in [0.3, 0.4) is 0 Å². The second-order valence-electron chi connectivity index (χ2n) is 22.1. The van der Waals surface area contributed by atoms with Crippen LogP contribution in [0, 0.1) is 0 Å². The number of pyridine rings is 1. The molecule has 0 saturated heterocycles. The molecule has 0 unspecified atom stereocenters. The first-order valence-electron chi connectivity index (χ1n) is 28.5. The van der Waals surface area contributed by atoms with Gasteiger partial charge in [0.05, 0.1) is 27.7 Å². The largest absolute Gasteiger partial charge is 0.310 e. The highest BCUT2D eigenvalue weighted by Gasteiger charge is 2.53. The minimum absolute atomic E-state index is 0.526. The predicted molar refractivity (Wildman–Crippen MR) is 337 cm³/mol. The number of aromatic nitrogens is 2. The molecule has 17 rings (SSSR count). The maximum Gasteiger partial charge on any atom is 0.101 e. The van der Waals surface area contributed by atoms with E-state index in [1.54, 1.807) is 0 Å². The monoisotopic (exact) mass is 1040 g/mol. The third kappa shape index (κ3) is 6.39. The summed E-state index contributed by atoms with van der Waals surface area (Å²) < 4.78 is 2.20. The van der Waals surface area contributed by atoms with Crippen LogP contribution in [0.5, 0.6) is 0 Å². The van der Waals surface area contributed by atoms with Gasteiger partial charge in [-0.15, -0.1) is 0 Å². The summed E-state index contributed by atoms with van der Waals surface area (Å²) in [6.45, 7) is 0. The van der Waals surface area contributed by atoms with Gasteiger partial charge in [-0.25, -0.2) is 4.52 Å². The Bertz CT molecular complexity index is 4770. The van der Waals surface area contributed by atoms with Crippen LogP contribution in [0.4, 0.5) is 17.1 Å². The fourth-order valence-corrected chi connectivity index (χ4v) is 14.9. The minimum Gasteiger partial charge on any atom is -0.310 e. The van der Waals surface area contributed by atoms with Gasteiger partial charge in [-0.2, -0.15) is 5.10 Å². The highest BCUT2D eigenvalue weighted by atomic mass is 15.2. The standard InChI is InChI=1S/C79H51N3/c1-6-25-52(26-7-1)73-50-55-49-58(45-47-60(55)77-74(53-27-8-2-9-28-53)76(80-82(73)77)54-29-10-3-11-30-54)81(59-46-48-64-63-37-16-20-39-66(63)78(71(64)51-59,56-31-12-4-13-32-56)57-33-14-5-15-34-57)72-44-24-43-70-75(72)65-38-19-23-42-69(65)79(70)67-40-21-17-35-61(67)62-36-18-22-41-68(62)79/h1-51H. The summed E-state index contributed by atoms with van der Waals surface area (Å²) in [4.78, 5) is 2.57. The Kier molecular flexibility index (Phi) is 10.1. The van der Waals surface area contributed by atoms with E-state index < -0.39 is 10.8 Å². The molecule has 14 aromatic rings. The van der Waals surface area contributed by atoms with E-state index in [0.29, 0.717) is 0 Å². The van der Waals surface area contributed by atoms with Crippen LogP contribution in [0.1, 0.15) is 44.5 Å². The number of anilines is 3. The number of benzene rings is 12. The number of hydrogen-bond acceptors (Lipinski definition) is 2. The molecule has 0 N–H and O–H groups in total. The van der Waals surface area contributed by atoms with Crippen LogP contribution in [-0.4, -0.2) is 9.61 Å². The Hall–Kier alpha value is -10.6. The van der Waals surface area contributed by atoms with Crippen molar-refractivity contribution in [2.24, 2.45) is 0 Å². The lowest BCUT2D eigenvalue weighted by molar-refractivity contribution is 0.768. The summed E-state index contributed by atoms with van der Waals surface area (Å²) in [7, 11) is 0.